The third kappa shape index (κ3) is 5.94. The fraction of sp³-hybridized carbons (Fsp3) is 0.938. The molecular formula is C16H32N2O. The molecule has 1 heterocycles. The topological polar surface area (TPSA) is 46.3 Å². The van der Waals surface area contributed by atoms with Gasteiger partial charge in [-0.2, -0.15) is 0 Å². The van der Waals surface area contributed by atoms with Crippen LogP contribution in [0.1, 0.15) is 65.7 Å². The molecule has 1 fully saturated rings. The van der Waals surface area contributed by atoms with Crippen LogP contribution in [0.15, 0.2) is 0 Å². The van der Waals surface area contributed by atoms with Crippen molar-refractivity contribution in [1.82, 2.24) is 4.90 Å². The van der Waals surface area contributed by atoms with E-state index in [1.54, 1.807) is 0 Å². The number of nitrogens with zero attached hydrogens (tertiary/aromatic N) is 1. The van der Waals surface area contributed by atoms with Gasteiger partial charge in [0.15, 0.2) is 0 Å². The van der Waals surface area contributed by atoms with Crippen LogP contribution in [0.2, 0.25) is 0 Å². The van der Waals surface area contributed by atoms with Crippen LogP contribution >= 0.6 is 0 Å². The molecule has 0 aromatic rings. The lowest BCUT2D eigenvalue weighted by molar-refractivity contribution is -0.131. The van der Waals surface area contributed by atoms with Gasteiger partial charge < -0.3 is 10.6 Å². The highest BCUT2D eigenvalue weighted by atomic mass is 16.2. The van der Waals surface area contributed by atoms with Crippen molar-refractivity contribution in [2.24, 2.45) is 17.1 Å². The number of carbonyl (C=O) groups excluding carboxylic acids is 1. The first-order valence-corrected chi connectivity index (χ1v) is 7.93. The Balaban J connectivity index is 2.33. The normalized spacial score (nSPS) is 21.3. The zero-order valence-corrected chi connectivity index (χ0v) is 13.1. The quantitative estimate of drug-likeness (QED) is 0.778. The third-order valence-electron chi connectivity index (χ3n) is 4.40. The number of hydrogen-bond donors (Lipinski definition) is 1. The number of rotatable bonds is 5. The average molecular weight is 268 g/mol. The maximum Gasteiger partial charge on any atom is 0.222 e. The summed E-state index contributed by atoms with van der Waals surface area (Å²) in [5.74, 6) is 1.11. The van der Waals surface area contributed by atoms with E-state index < -0.39 is 0 Å². The molecule has 19 heavy (non-hydrogen) atoms. The van der Waals surface area contributed by atoms with Crippen molar-refractivity contribution < 1.29 is 4.79 Å². The first-order valence-electron chi connectivity index (χ1n) is 7.93. The van der Waals surface area contributed by atoms with E-state index in [2.05, 4.69) is 25.7 Å². The predicted octanol–water partition coefficient (Wildman–Crippen LogP) is 3.18. The molecule has 112 valence electrons. The monoisotopic (exact) mass is 268 g/mol. The molecule has 1 amide bonds. The lowest BCUT2D eigenvalue weighted by Crippen LogP contribution is -2.32. The van der Waals surface area contributed by atoms with Gasteiger partial charge in [-0.1, -0.05) is 27.2 Å². The number of hydrogen-bond acceptors (Lipinski definition) is 2. The van der Waals surface area contributed by atoms with E-state index in [1.165, 1.54) is 6.42 Å². The largest absolute Gasteiger partial charge is 0.343 e. The van der Waals surface area contributed by atoms with Gasteiger partial charge in [0.2, 0.25) is 5.91 Å². The van der Waals surface area contributed by atoms with Gasteiger partial charge in [0, 0.05) is 19.5 Å². The van der Waals surface area contributed by atoms with Gasteiger partial charge in [-0.05, 0) is 50.0 Å². The van der Waals surface area contributed by atoms with Gasteiger partial charge in [-0.15, -0.1) is 0 Å². The van der Waals surface area contributed by atoms with Gasteiger partial charge in [0.25, 0.3) is 0 Å². The van der Waals surface area contributed by atoms with E-state index in [0.29, 0.717) is 17.7 Å². The molecule has 0 radical (unpaired) electrons. The molecule has 0 spiro atoms. The number of carbonyl (C=O) groups is 1. The molecule has 1 aliphatic heterocycles. The maximum atomic E-state index is 12.2. The van der Waals surface area contributed by atoms with E-state index >= 15 is 0 Å². The minimum atomic E-state index is 0.353. The van der Waals surface area contributed by atoms with Crippen LogP contribution in [0.3, 0.4) is 0 Å². The van der Waals surface area contributed by atoms with Crippen molar-refractivity contribution in [1.29, 1.82) is 0 Å². The van der Waals surface area contributed by atoms with Gasteiger partial charge in [0.05, 0.1) is 0 Å². The number of nitrogens with two attached hydrogens (primary N) is 1. The summed E-state index contributed by atoms with van der Waals surface area (Å²) in [6.07, 6.45) is 7.42. The summed E-state index contributed by atoms with van der Waals surface area (Å²) in [5, 5.41) is 0. The molecular weight excluding hydrogens is 236 g/mol. The Morgan fingerprint density at radius 2 is 1.89 bits per heavy atom. The van der Waals surface area contributed by atoms with Crippen molar-refractivity contribution in [2.75, 3.05) is 19.6 Å². The second-order valence-electron chi connectivity index (χ2n) is 6.97. The smallest absolute Gasteiger partial charge is 0.222 e. The molecule has 0 saturated carbocycles. The lowest BCUT2D eigenvalue weighted by atomic mass is 9.77. The number of unbranched alkanes of at least 4 members (excludes halogenated alkanes) is 2. The van der Waals surface area contributed by atoms with E-state index in [0.717, 1.165) is 57.7 Å². The second kappa shape index (κ2) is 7.88. The fourth-order valence-corrected chi connectivity index (χ4v) is 2.97. The molecule has 1 aliphatic rings. The Morgan fingerprint density at radius 1 is 1.16 bits per heavy atom. The van der Waals surface area contributed by atoms with Crippen molar-refractivity contribution in [3.63, 3.8) is 0 Å². The summed E-state index contributed by atoms with van der Waals surface area (Å²) in [7, 11) is 0. The minimum absolute atomic E-state index is 0.353. The number of likely N-dealkylation sites (tertiary alicyclic amines) is 1. The van der Waals surface area contributed by atoms with Crippen molar-refractivity contribution in [2.45, 2.75) is 65.7 Å². The molecule has 1 rings (SSSR count). The molecule has 1 unspecified atom stereocenters. The predicted molar refractivity (Wildman–Crippen MR) is 80.9 cm³/mol. The summed E-state index contributed by atoms with van der Waals surface area (Å²) >= 11 is 0. The zero-order valence-electron chi connectivity index (χ0n) is 13.1. The van der Waals surface area contributed by atoms with Crippen molar-refractivity contribution in [3.8, 4) is 0 Å². The SMILES string of the molecule is CC(C)(C)C1CCCN(C(=O)CCCCCN)CC1. The fourth-order valence-electron chi connectivity index (χ4n) is 2.97. The summed E-state index contributed by atoms with van der Waals surface area (Å²) < 4.78 is 0. The zero-order chi connectivity index (χ0) is 14.3. The van der Waals surface area contributed by atoms with Crippen LogP contribution in [0.5, 0.6) is 0 Å². The Bertz CT molecular complexity index is 270. The van der Waals surface area contributed by atoms with Crippen molar-refractivity contribution in [3.05, 3.63) is 0 Å². The van der Waals surface area contributed by atoms with Crippen LogP contribution < -0.4 is 5.73 Å². The van der Waals surface area contributed by atoms with Gasteiger partial charge in [-0.25, -0.2) is 0 Å². The van der Waals surface area contributed by atoms with Crippen molar-refractivity contribution >= 4 is 5.91 Å². The van der Waals surface area contributed by atoms with Crippen LogP contribution in [0.25, 0.3) is 0 Å². The molecule has 3 heteroatoms. The molecule has 0 aromatic carbocycles. The Morgan fingerprint density at radius 3 is 2.53 bits per heavy atom. The average Bonchev–Trinajstić information content (AvgIpc) is 2.59. The molecule has 1 saturated heterocycles. The molecule has 0 bridgehead atoms. The summed E-state index contributed by atoms with van der Waals surface area (Å²) in [4.78, 5) is 14.3. The van der Waals surface area contributed by atoms with E-state index in [9.17, 15) is 4.79 Å². The minimum Gasteiger partial charge on any atom is -0.343 e. The Kier molecular flexibility index (Phi) is 6.84. The third-order valence-corrected chi connectivity index (χ3v) is 4.40. The highest BCUT2D eigenvalue weighted by Crippen LogP contribution is 2.34. The van der Waals surface area contributed by atoms with Gasteiger partial charge in [-0.3, -0.25) is 4.79 Å². The van der Waals surface area contributed by atoms with E-state index in [1.807, 2.05) is 0 Å². The maximum absolute atomic E-state index is 12.2. The molecule has 0 aliphatic carbocycles. The highest BCUT2D eigenvalue weighted by Gasteiger charge is 2.28. The van der Waals surface area contributed by atoms with Crippen LogP contribution in [0.4, 0.5) is 0 Å². The van der Waals surface area contributed by atoms with Gasteiger partial charge in [0.1, 0.15) is 0 Å². The van der Waals surface area contributed by atoms with E-state index in [4.69, 9.17) is 5.73 Å². The first kappa shape index (κ1) is 16.5. The lowest BCUT2D eigenvalue weighted by Gasteiger charge is -2.29. The van der Waals surface area contributed by atoms with E-state index in [-0.39, 0.29) is 0 Å². The molecule has 2 N–H and O–H groups in total. The molecule has 1 atom stereocenters. The molecule has 3 nitrogen and oxygen atoms in total. The first-order chi connectivity index (χ1) is 8.95. The van der Waals surface area contributed by atoms with Gasteiger partial charge >= 0.3 is 0 Å². The van der Waals surface area contributed by atoms with Crippen LogP contribution in [-0.4, -0.2) is 30.4 Å². The highest BCUT2D eigenvalue weighted by molar-refractivity contribution is 5.76. The standard InChI is InChI=1S/C16H32N2O/c1-16(2,3)14-8-7-12-18(13-10-14)15(19)9-5-4-6-11-17/h14H,4-13,17H2,1-3H3. The Hall–Kier alpha value is -0.570. The summed E-state index contributed by atoms with van der Waals surface area (Å²) in [5.41, 5.74) is 5.84. The second-order valence-corrected chi connectivity index (χ2v) is 6.97. The summed E-state index contributed by atoms with van der Waals surface area (Å²) in [6, 6.07) is 0. The number of amides is 1. The molecule has 0 aromatic heterocycles. The summed E-state index contributed by atoms with van der Waals surface area (Å²) in [6.45, 7) is 9.62. The van der Waals surface area contributed by atoms with Crippen LogP contribution in [0, 0.1) is 11.3 Å². The Labute approximate surface area is 118 Å². The van der Waals surface area contributed by atoms with Crippen LogP contribution in [-0.2, 0) is 4.79 Å².